The summed E-state index contributed by atoms with van der Waals surface area (Å²) in [6, 6.07) is 12.5. The molecular weight excluding hydrogens is 401 g/mol. The second-order valence-corrected chi connectivity index (χ2v) is 7.55. The molecule has 1 aromatic heterocycles. The molecule has 2 heterocycles. The molecular formula is C23H23FN3O4+. The number of carboxylic acid groups (broad SMARTS) is 1. The first-order valence-electron chi connectivity index (χ1n) is 10.0. The zero-order valence-corrected chi connectivity index (χ0v) is 16.9. The van der Waals surface area contributed by atoms with Crippen LogP contribution in [0, 0.1) is 5.82 Å². The van der Waals surface area contributed by atoms with E-state index in [-0.39, 0.29) is 18.0 Å². The Morgan fingerprint density at radius 1 is 1.16 bits per heavy atom. The summed E-state index contributed by atoms with van der Waals surface area (Å²) in [5.74, 6) is -0.579. The zero-order valence-electron chi connectivity index (χ0n) is 16.9. The van der Waals surface area contributed by atoms with Gasteiger partial charge in [0.2, 0.25) is 5.76 Å². The van der Waals surface area contributed by atoms with E-state index in [4.69, 9.17) is 14.7 Å². The molecule has 0 unspecified atom stereocenters. The maximum atomic E-state index is 13.1. The molecule has 31 heavy (non-hydrogen) atoms. The number of likely N-dealkylation sites (tertiary alicyclic amines) is 1. The van der Waals surface area contributed by atoms with E-state index in [0.717, 1.165) is 31.5 Å². The Balaban J connectivity index is 1.44. The van der Waals surface area contributed by atoms with Gasteiger partial charge in [-0.1, -0.05) is 5.16 Å². The molecule has 1 aliphatic heterocycles. The van der Waals surface area contributed by atoms with Crippen molar-refractivity contribution in [2.45, 2.75) is 19.4 Å². The number of nitrogens with two attached hydrogens (primary N) is 1. The van der Waals surface area contributed by atoms with Gasteiger partial charge in [0.05, 0.1) is 5.56 Å². The molecule has 0 atom stereocenters. The van der Waals surface area contributed by atoms with Crippen LogP contribution in [0.15, 0.2) is 53.1 Å². The van der Waals surface area contributed by atoms with E-state index in [9.17, 15) is 14.3 Å². The van der Waals surface area contributed by atoms with Crippen molar-refractivity contribution in [3.63, 3.8) is 0 Å². The summed E-state index contributed by atoms with van der Waals surface area (Å²) in [4.78, 5) is 13.8. The van der Waals surface area contributed by atoms with Gasteiger partial charge in [0.1, 0.15) is 17.3 Å². The second kappa shape index (κ2) is 9.09. The topological polar surface area (TPSA) is 101 Å². The average molecular weight is 424 g/mol. The number of rotatable bonds is 8. The highest BCUT2D eigenvalue weighted by molar-refractivity contribution is 5.95. The number of hydrogen-bond donors (Lipinski definition) is 2. The smallest absolute Gasteiger partial charge is 0.335 e. The Morgan fingerprint density at radius 2 is 1.90 bits per heavy atom. The fourth-order valence-corrected chi connectivity index (χ4v) is 3.57. The Kier molecular flexibility index (Phi) is 6.08. The monoisotopic (exact) mass is 424 g/mol. The van der Waals surface area contributed by atoms with Crippen molar-refractivity contribution in [3.05, 3.63) is 71.2 Å². The van der Waals surface area contributed by atoms with Gasteiger partial charge in [-0.25, -0.2) is 9.18 Å². The molecule has 8 heteroatoms. The van der Waals surface area contributed by atoms with E-state index in [0.29, 0.717) is 35.0 Å². The first-order valence-corrected chi connectivity index (χ1v) is 10.0. The van der Waals surface area contributed by atoms with E-state index in [2.05, 4.69) is 10.1 Å². The lowest BCUT2D eigenvalue weighted by molar-refractivity contribution is -0.118. The number of halogens is 1. The number of ether oxygens (including phenoxy) is 1. The number of nitrogens with zero attached hydrogens (tertiary/aromatic N) is 2. The molecule has 1 aliphatic rings. The molecule has 0 bridgehead atoms. The van der Waals surface area contributed by atoms with Crippen molar-refractivity contribution in [3.8, 4) is 17.0 Å². The molecule has 3 N–H and O–H groups in total. The molecule has 2 aromatic carbocycles. The van der Waals surface area contributed by atoms with E-state index < -0.39 is 5.97 Å². The van der Waals surface area contributed by atoms with Gasteiger partial charge >= 0.3 is 5.97 Å². The Labute approximate surface area is 178 Å². The van der Waals surface area contributed by atoms with Crippen LogP contribution in [0.3, 0.4) is 0 Å². The summed E-state index contributed by atoms with van der Waals surface area (Å²) in [6.45, 7) is 2.70. The zero-order chi connectivity index (χ0) is 21.8. The van der Waals surface area contributed by atoms with Crippen molar-refractivity contribution in [2.75, 3.05) is 19.7 Å². The van der Waals surface area contributed by atoms with Gasteiger partial charge < -0.3 is 14.4 Å². The first-order chi connectivity index (χ1) is 15.0. The molecule has 0 radical (unpaired) electrons. The molecule has 0 aliphatic carbocycles. The summed E-state index contributed by atoms with van der Waals surface area (Å²) in [7, 11) is 0. The highest BCUT2D eigenvalue weighted by Gasteiger charge is 2.18. The van der Waals surface area contributed by atoms with Gasteiger partial charge in [0, 0.05) is 18.2 Å². The van der Waals surface area contributed by atoms with E-state index in [1.807, 2.05) is 6.07 Å². The van der Waals surface area contributed by atoms with E-state index >= 15 is 0 Å². The second-order valence-electron chi connectivity index (χ2n) is 7.55. The Bertz CT molecular complexity index is 1090. The lowest BCUT2D eigenvalue weighted by atomic mass is 10.1. The van der Waals surface area contributed by atoms with Gasteiger partial charge in [-0.3, -0.25) is 10.3 Å². The highest BCUT2D eigenvalue weighted by atomic mass is 19.1. The minimum absolute atomic E-state index is 0.00424. The van der Waals surface area contributed by atoms with Gasteiger partial charge in [-0.15, -0.1) is 0 Å². The fraction of sp³-hybridized carbons (Fsp3) is 0.261. The molecule has 1 saturated heterocycles. The van der Waals surface area contributed by atoms with Crippen molar-refractivity contribution in [1.29, 1.82) is 0 Å². The molecule has 160 valence electrons. The van der Waals surface area contributed by atoms with Crippen LogP contribution in [0.5, 0.6) is 5.75 Å². The summed E-state index contributed by atoms with van der Waals surface area (Å²) in [5, 5.41) is 19.5. The van der Waals surface area contributed by atoms with Crippen molar-refractivity contribution in [1.82, 2.24) is 10.1 Å². The van der Waals surface area contributed by atoms with E-state index in [1.165, 1.54) is 18.2 Å². The van der Waals surface area contributed by atoms with Crippen LogP contribution < -0.4 is 10.1 Å². The fourth-order valence-electron chi connectivity index (χ4n) is 3.57. The summed E-state index contributed by atoms with van der Waals surface area (Å²) >= 11 is 0. The molecule has 0 spiro atoms. The van der Waals surface area contributed by atoms with Gasteiger partial charge in [-0.2, -0.15) is 0 Å². The van der Waals surface area contributed by atoms with Crippen molar-refractivity contribution < 1.29 is 29.0 Å². The lowest BCUT2D eigenvalue weighted by Gasteiger charge is -2.16. The van der Waals surface area contributed by atoms with Crippen LogP contribution in [-0.4, -0.2) is 46.5 Å². The third kappa shape index (κ3) is 5.16. The van der Waals surface area contributed by atoms with Gasteiger partial charge in [0.15, 0.2) is 6.61 Å². The normalized spacial score (nSPS) is 14.0. The third-order valence-electron chi connectivity index (χ3n) is 5.18. The van der Waals surface area contributed by atoms with Crippen LogP contribution in [0.4, 0.5) is 4.39 Å². The SMILES string of the molecule is [NH2+]=C(COc1cc(CN2CCCC2)cc(C(=O)O)c1)c1cc(-c2ccc(F)cc2)no1. The minimum Gasteiger partial charge on any atom is -0.482 e. The Morgan fingerprint density at radius 3 is 2.61 bits per heavy atom. The molecule has 0 amide bonds. The summed E-state index contributed by atoms with van der Waals surface area (Å²) < 4.78 is 24.1. The highest BCUT2D eigenvalue weighted by Crippen LogP contribution is 2.22. The number of hydrogen-bond acceptors (Lipinski definition) is 5. The number of benzene rings is 2. The molecule has 4 rings (SSSR count). The number of aromatic carboxylic acids is 1. The molecule has 1 fully saturated rings. The molecule has 3 aromatic rings. The average Bonchev–Trinajstić information content (AvgIpc) is 3.45. The quantitative estimate of drug-likeness (QED) is 0.539. The van der Waals surface area contributed by atoms with Crippen LogP contribution in [0.1, 0.15) is 34.5 Å². The lowest BCUT2D eigenvalue weighted by Crippen LogP contribution is -2.43. The largest absolute Gasteiger partial charge is 0.482 e. The molecule has 7 nitrogen and oxygen atoms in total. The third-order valence-corrected chi connectivity index (χ3v) is 5.18. The minimum atomic E-state index is -1.01. The number of carbonyl (C=O) groups is 1. The van der Waals surface area contributed by atoms with Gasteiger partial charge in [-0.05, 0) is 74.0 Å². The molecule has 0 saturated carbocycles. The maximum Gasteiger partial charge on any atom is 0.335 e. The first kappa shape index (κ1) is 20.7. The van der Waals surface area contributed by atoms with E-state index in [1.54, 1.807) is 24.3 Å². The Hall–Kier alpha value is -3.52. The predicted molar refractivity (Wildman–Crippen MR) is 111 cm³/mol. The van der Waals surface area contributed by atoms with Crippen LogP contribution in [0.2, 0.25) is 0 Å². The standard InChI is InChI=1S/C23H22FN3O4/c24-18-5-3-16(4-6-18)21-12-22(31-26-21)20(25)14-30-19-10-15(9-17(11-19)23(28)29)13-27-7-1-2-8-27/h3-6,9-12,25H,1-2,7-8,13-14H2,(H,28,29)/p+1. The van der Waals surface area contributed by atoms with Crippen molar-refractivity contribution >= 4 is 11.7 Å². The number of carboxylic acids is 1. The van der Waals surface area contributed by atoms with Crippen LogP contribution in [-0.2, 0) is 6.54 Å². The van der Waals surface area contributed by atoms with Crippen LogP contribution in [0.25, 0.3) is 11.3 Å². The van der Waals surface area contributed by atoms with Gasteiger partial charge in [0.25, 0.3) is 5.71 Å². The summed E-state index contributed by atoms with van der Waals surface area (Å²) in [5.41, 5.74) is 2.59. The van der Waals surface area contributed by atoms with Crippen molar-refractivity contribution in [2.24, 2.45) is 0 Å². The summed E-state index contributed by atoms with van der Waals surface area (Å²) in [6.07, 6.45) is 2.31. The number of aromatic nitrogens is 1. The van der Waals surface area contributed by atoms with Crippen LogP contribution >= 0.6 is 0 Å². The maximum absolute atomic E-state index is 13.1. The predicted octanol–water partition coefficient (Wildman–Crippen LogP) is 2.40.